The van der Waals surface area contributed by atoms with Crippen molar-refractivity contribution in [2.75, 3.05) is 19.8 Å². The Balaban J connectivity index is 1.46. The maximum atomic E-state index is 12.9. The molecule has 1 aromatic carbocycles. The number of aliphatic hydroxyl groups is 12. The SMILES string of the molecule is O=c1cc2oc(-c3cc(O)c(O)c(O[C@@H]4O[C@H](CO)[C@@H](O)[C@H](O)[C@H]4O)c3)c(O[C@@H]3O[C@H](CO)[C@@H](O)[C@H](O)[C@H]3O)cc-2c(O[C@@H]2O[C@H](CO)[C@@H](O)[C@H](O)[C@H]2O)c1. The molecule has 0 bridgehead atoms. The molecule has 0 amide bonds. The Labute approximate surface area is 308 Å². The average Bonchev–Trinajstić information content (AvgIpc) is 3.16. The van der Waals surface area contributed by atoms with Crippen LogP contribution in [0.5, 0.6) is 28.7 Å². The fourth-order valence-corrected chi connectivity index (χ4v) is 6.23. The summed E-state index contributed by atoms with van der Waals surface area (Å²) in [5.74, 6) is -4.06. The van der Waals surface area contributed by atoms with E-state index in [4.69, 9.17) is 32.8 Å². The van der Waals surface area contributed by atoms with E-state index in [1.54, 1.807) is 0 Å². The normalized spacial score (nSPS) is 36.8. The number of benzene rings is 2. The van der Waals surface area contributed by atoms with E-state index in [1.165, 1.54) is 0 Å². The highest BCUT2D eigenvalue weighted by Gasteiger charge is 2.48. The quantitative estimate of drug-likeness (QED) is 0.0851. The second kappa shape index (κ2) is 16.3. The molecule has 55 heavy (non-hydrogen) atoms. The van der Waals surface area contributed by atoms with Crippen LogP contribution < -0.4 is 19.6 Å². The molecule has 304 valence electrons. The van der Waals surface area contributed by atoms with E-state index in [0.29, 0.717) is 0 Å². The van der Waals surface area contributed by atoms with Gasteiger partial charge >= 0.3 is 0 Å². The number of aromatic hydroxyl groups is 2. The highest BCUT2D eigenvalue weighted by molar-refractivity contribution is 5.77. The van der Waals surface area contributed by atoms with E-state index >= 15 is 0 Å². The fraction of sp³-hybridized carbons (Fsp3) is 0.545. The summed E-state index contributed by atoms with van der Waals surface area (Å²) in [5, 5.41) is 144. The van der Waals surface area contributed by atoms with Gasteiger partial charge in [-0.1, -0.05) is 0 Å². The van der Waals surface area contributed by atoms with Crippen LogP contribution >= 0.6 is 0 Å². The van der Waals surface area contributed by atoms with Crippen LogP contribution in [0.2, 0.25) is 0 Å². The lowest BCUT2D eigenvalue weighted by Crippen LogP contribution is -2.60. The van der Waals surface area contributed by atoms with Crippen molar-refractivity contribution in [2.45, 2.75) is 92.1 Å². The maximum Gasteiger partial charge on any atom is 0.229 e. The van der Waals surface area contributed by atoms with Crippen LogP contribution in [-0.4, -0.2) is 183 Å². The third-order valence-corrected chi connectivity index (χ3v) is 9.38. The molecule has 0 spiro atoms. The van der Waals surface area contributed by atoms with E-state index < -0.39 is 146 Å². The summed E-state index contributed by atoms with van der Waals surface area (Å²) in [7, 11) is 0. The average molecular weight is 789 g/mol. The van der Waals surface area contributed by atoms with Gasteiger partial charge in [0.05, 0.1) is 25.4 Å². The second-order valence-corrected chi connectivity index (χ2v) is 13.1. The minimum absolute atomic E-state index is 0.138. The largest absolute Gasteiger partial charge is 0.504 e. The first-order valence-electron chi connectivity index (χ1n) is 16.7. The van der Waals surface area contributed by atoms with Crippen molar-refractivity contribution in [3.05, 3.63) is 40.6 Å². The summed E-state index contributed by atoms with van der Waals surface area (Å²) in [6, 6.07) is 4.90. The Morgan fingerprint density at radius 1 is 0.509 bits per heavy atom. The highest BCUT2D eigenvalue weighted by Crippen LogP contribution is 2.47. The number of phenolic OH excluding ortho intramolecular Hbond substituents is 2. The van der Waals surface area contributed by atoms with Crippen molar-refractivity contribution in [2.24, 2.45) is 0 Å². The van der Waals surface area contributed by atoms with Gasteiger partial charge < -0.3 is 104 Å². The first-order valence-corrected chi connectivity index (χ1v) is 16.7. The molecule has 22 heteroatoms. The van der Waals surface area contributed by atoms with Crippen LogP contribution in [0.25, 0.3) is 22.6 Å². The van der Waals surface area contributed by atoms with E-state index in [1.807, 2.05) is 0 Å². The zero-order valence-corrected chi connectivity index (χ0v) is 28.2. The predicted molar refractivity (Wildman–Crippen MR) is 174 cm³/mol. The third-order valence-electron chi connectivity index (χ3n) is 9.38. The molecule has 5 aliphatic rings. The summed E-state index contributed by atoms with van der Waals surface area (Å²) < 4.78 is 39.4. The Morgan fingerprint density at radius 3 is 1.40 bits per heavy atom. The van der Waals surface area contributed by atoms with Crippen molar-refractivity contribution in [3.8, 4) is 51.4 Å². The monoisotopic (exact) mass is 788 g/mol. The number of fused-ring (bicyclic) bond motifs is 1. The fourth-order valence-electron chi connectivity index (χ4n) is 6.23. The van der Waals surface area contributed by atoms with E-state index in [0.717, 1.165) is 30.3 Å². The van der Waals surface area contributed by atoms with Gasteiger partial charge in [0.2, 0.25) is 24.6 Å². The lowest BCUT2D eigenvalue weighted by atomic mass is 9.99. The van der Waals surface area contributed by atoms with Crippen LogP contribution in [0.15, 0.2) is 39.5 Å². The molecular weight excluding hydrogens is 748 g/mol. The topological polar surface area (TPSA) is 369 Å². The molecule has 22 nitrogen and oxygen atoms in total. The number of aliphatic hydroxyl groups excluding tert-OH is 12. The molecule has 1 aromatic rings. The molecule has 4 aliphatic heterocycles. The summed E-state index contributed by atoms with van der Waals surface area (Å²) in [4.78, 5) is 12.9. The lowest BCUT2D eigenvalue weighted by Gasteiger charge is -2.40. The van der Waals surface area contributed by atoms with Gasteiger partial charge in [-0.05, 0) is 18.2 Å². The molecule has 0 unspecified atom stereocenters. The second-order valence-electron chi connectivity index (χ2n) is 13.1. The van der Waals surface area contributed by atoms with Gasteiger partial charge in [-0.15, -0.1) is 0 Å². The first kappa shape index (κ1) is 40.7. The summed E-state index contributed by atoms with van der Waals surface area (Å²) >= 11 is 0. The molecule has 15 atom stereocenters. The zero-order chi connectivity index (χ0) is 40.0. The summed E-state index contributed by atoms with van der Waals surface area (Å²) in [6.07, 6.45) is -26.6. The van der Waals surface area contributed by atoms with E-state index in [2.05, 4.69) is 0 Å². The molecule has 3 saturated heterocycles. The van der Waals surface area contributed by atoms with Gasteiger partial charge in [0, 0.05) is 17.7 Å². The smallest absolute Gasteiger partial charge is 0.229 e. The Morgan fingerprint density at radius 2 is 0.945 bits per heavy atom. The van der Waals surface area contributed by atoms with Crippen LogP contribution in [0.4, 0.5) is 0 Å². The van der Waals surface area contributed by atoms with Crippen LogP contribution in [-0.2, 0) is 14.2 Å². The Bertz CT molecular complexity index is 1810. The molecule has 1 aliphatic carbocycles. The van der Waals surface area contributed by atoms with Gasteiger partial charge in [0.15, 0.2) is 28.4 Å². The van der Waals surface area contributed by atoms with Crippen LogP contribution in [0.3, 0.4) is 0 Å². The van der Waals surface area contributed by atoms with Crippen molar-refractivity contribution < 1.29 is 104 Å². The summed E-state index contributed by atoms with van der Waals surface area (Å²) in [5.41, 5.74) is -1.14. The molecule has 3 fully saturated rings. The van der Waals surface area contributed by atoms with E-state index in [9.17, 15) is 76.3 Å². The Hall–Kier alpha value is -3.95. The van der Waals surface area contributed by atoms with Gasteiger partial charge in [-0.2, -0.15) is 0 Å². The lowest BCUT2D eigenvalue weighted by molar-refractivity contribution is -0.277. The molecular formula is C33H40O22. The van der Waals surface area contributed by atoms with Crippen molar-refractivity contribution in [3.63, 3.8) is 0 Å². The van der Waals surface area contributed by atoms with Crippen LogP contribution in [0, 0.1) is 0 Å². The van der Waals surface area contributed by atoms with Gasteiger partial charge in [-0.25, -0.2) is 0 Å². The van der Waals surface area contributed by atoms with Gasteiger partial charge in [-0.3, -0.25) is 4.79 Å². The molecule has 0 aromatic heterocycles. The predicted octanol–water partition coefficient (Wildman–Crippen LogP) is -5.64. The summed E-state index contributed by atoms with van der Waals surface area (Å²) in [6.45, 7) is -2.46. The number of ether oxygens (including phenoxy) is 6. The van der Waals surface area contributed by atoms with Crippen molar-refractivity contribution in [1.82, 2.24) is 0 Å². The standard InChI is InChI=1S/C33H40O22/c34-6-17-21(40)24(43)27(46)31(53-17)50-14-4-10(37)3-13-11(14)5-16(52-33-29(48)26(45)23(42)19(8-36)55-33)30(49-13)9-1-12(38)20(39)15(2-9)51-32-28(47)25(44)22(41)18(7-35)54-32/h1-5,17-19,21-29,31-36,38-48H,6-8H2/t17-,18-,19-,21-,22-,23-,24+,25+,26+,27-,28-,29-,31-,32-,33-/m1/s1. The minimum Gasteiger partial charge on any atom is -0.504 e. The zero-order valence-electron chi connectivity index (χ0n) is 28.2. The van der Waals surface area contributed by atoms with Crippen molar-refractivity contribution >= 4 is 0 Å². The van der Waals surface area contributed by atoms with Gasteiger partial charge in [0.25, 0.3) is 0 Å². The number of phenols is 2. The number of hydrogen-bond donors (Lipinski definition) is 14. The molecule has 6 rings (SSSR count). The molecule has 0 saturated carbocycles. The van der Waals surface area contributed by atoms with Crippen LogP contribution in [0.1, 0.15) is 0 Å². The van der Waals surface area contributed by atoms with E-state index in [-0.39, 0.29) is 22.6 Å². The number of hydrogen-bond acceptors (Lipinski definition) is 22. The van der Waals surface area contributed by atoms with Crippen molar-refractivity contribution in [1.29, 1.82) is 0 Å². The highest BCUT2D eigenvalue weighted by atomic mass is 16.7. The first-order chi connectivity index (χ1) is 26.1. The Kier molecular flexibility index (Phi) is 12.0. The van der Waals surface area contributed by atoms with Gasteiger partial charge in [0.1, 0.15) is 84.8 Å². The molecule has 0 radical (unpaired) electrons. The molecule has 14 N–H and O–H groups in total. The molecule has 4 heterocycles. The minimum atomic E-state index is -1.98. The maximum absolute atomic E-state index is 12.9. The third kappa shape index (κ3) is 7.76. The number of rotatable bonds is 10.